The number of sulfonamides is 2. The van der Waals surface area contributed by atoms with Gasteiger partial charge in [0.1, 0.15) is 10.6 Å². The number of para-hydroxylation sites is 2. The summed E-state index contributed by atoms with van der Waals surface area (Å²) in [6, 6.07) is 10.5. The van der Waals surface area contributed by atoms with Crippen molar-refractivity contribution in [1.82, 2.24) is 14.0 Å². The number of benzene rings is 1. The van der Waals surface area contributed by atoms with Crippen LogP contribution in [-0.4, -0.2) is 71.7 Å². The third kappa shape index (κ3) is 5.24. The Labute approximate surface area is 171 Å². The van der Waals surface area contributed by atoms with E-state index in [0.717, 1.165) is 11.4 Å². The highest BCUT2D eigenvalue weighted by atomic mass is 32.2. The van der Waals surface area contributed by atoms with Crippen molar-refractivity contribution in [3.8, 4) is 5.75 Å². The van der Waals surface area contributed by atoms with E-state index in [9.17, 15) is 16.8 Å². The summed E-state index contributed by atoms with van der Waals surface area (Å²) >= 11 is 0. The number of methoxy groups -OCH3 is 1. The number of nitrogens with zero attached hydrogens (tertiary/aromatic N) is 3. The van der Waals surface area contributed by atoms with E-state index >= 15 is 0 Å². The number of anilines is 1. The monoisotopic (exact) mass is 440 g/mol. The molecule has 0 atom stereocenters. The van der Waals surface area contributed by atoms with E-state index in [4.69, 9.17) is 4.74 Å². The summed E-state index contributed by atoms with van der Waals surface area (Å²) in [5.74, 6) is 0.440. The second-order valence-corrected chi connectivity index (χ2v) is 10.3. The first-order valence-electron chi connectivity index (χ1n) is 9.09. The predicted octanol–water partition coefficient (Wildman–Crippen LogP) is 0.521. The van der Waals surface area contributed by atoms with Gasteiger partial charge in [-0.2, -0.15) is 4.31 Å². The quantitative estimate of drug-likeness (QED) is 0.637. The molecule has 1 N–H and O–H groups in total. The Morgan fingerprint density at radius 1 is 1.03 bits per heavy atom. The number of rotatable bonds is 8. The lowest BCUT2D eigenvalue weighted by molar-refractivity contribution is 0.378. The van der Waals surface area contributed by atoms with Crippen molar-refractivity contribution in [2.45, 2.75) is 4.90 Å². The summed E-state index contributed by atoms with van der Waals surface area (Å²) in [5, 5.41) is 0. The number of nitrogens with one attached hydrogen (secondary N) is 1. The van der Waals surface area contributed by atoms with E-state index in [0.29, 0.717) is 26.2 Å². The van der Waals surface area contributed by atoms with Gasteiger partial charge in [-0.1, -0.05) is 12.1 Å². The van der Waals surface area contributed by atoms with Crippen LogP contribution in [0.2, 0.25) is 0 Å². The number of pyridine rings is 1. The lowest BCUT2D eigenvalue weighted by Crippen LogP contribution is -2.50. The predicted molar refractivity (Wildman–Crippen MR) is 110 cm³/mol. The van der Waals surface area contributed by atoms with Gasteiger partial charge in [0, 0.05) is 45.1 Å². The van der Waals surface area contributed by atoms with Gasteiger partial charge in [-0.25, -0.2) is 21.6 Å². The average Bonchev–Trinajstić information content (AvgIpc) is 2.74. The molecule has 0 spiro atoms. The molecule has 0 amide bonds. The van der Waals surface area contributed by atoms with Crippen molar-refractivity contribution in [1.29, 1.82) is 0 Å². The Hall–Kier alpha value is -2.21. The zero-order chi connectivity index (χ0) is 20.9. The molecule has 2 heterocycles. The zero-order valence-corrected chi connectivity index (χ0v) is 17.7. The molecule has 3 rings (SSSR count). The average molecular weight is 441 g/mol. The molecule has 0 bridgehead atoms. The van der Waals surface area contributed by atoms with E-state index in [1.54, 1.807) is 7.11 Å². The highest BCUT2D eigenvalue weighted by Gasteiger charge is 2.28. The Balaban J connectivity index is 1.55. The minimum Gasteiger partial charge on any atom is -0.495 e. The number of aromatic nitrogens is 1. The number of hydrogen-bond acceptors (Lipinski definition) is 7. The molecule has 1 saturated heterocycles. The normalized spacial score (nSPS) is 16.0. The Kier molecular flexibility index (Phi) is 6.73. The second-order valence-electron chi connectivity index (χ2n) is 6.46. The highest BCUT2D eigenvalue weighted by Crippen LogP contribution is 2.28. The summed E-state index contributed by atoms with van der Waals surface area (Å²) in [6.07, 6.45) is 2.68. The number of piperazine rings is 1. The molecule has 1 fully saturated rings. The van der Waals surface area contributed by atoms with Crippen LogP contribution in [0.25, 0.3) is 0 Å². The maximum atomic E-state index is 12.6. The van der Waals surface area contributed by atoms with Crippen LogP contribution < -0.4 is 14.4 Å². The topological polar surface area (TPSA) is 109 Å². The van der Waals surface area contributed by atoms with E-state index in [1.807, 2.05) is 24.3 Å². The molecular weight excluding hydrogens is 416 g/mol. The van der Waals surface area contributed by atoms with Crippen LogP contribution in [0.5, 0.6) is 5.75 Å². The molecule has 0 radical (unpaired) electrons. The first-order chi connectivity index (χ1) is 13.8. The van der Waals surface area contributed by atoms with Gasteiger partial charge in [0.25, 0.3) is 0 Å². The van der Waals surface area contributed by atoms with Crippen LogP contribution in [0.4, 0.5) is 5.69 Å². The number of hydrogen-bond donors (Lipinski definition) is 1. The summed E-state index contributed by atoms with van der Waals surface area (Å²) in [4.78, 5) is 5.85. The van der Waals surface area contributed by atoms with Gasteiger partial charge in [-0.05, 0) is 24.3 Å². The van der Waals surface area contributed by atoms with Crippen molar-refractivity contribution in [3.05, 3.63) is 48.8 Å². The van der Waals surface area contributed by atoms with Crippen molar-refractivity contribution in [3.63, 3.8) is 0 Å². The maximum Gasteiger partial charge on any atom is 0.242 e. The van der Waals surface area contributed by atoms with Crippen molar-refractivity contribution in [2.75, 3.05) is 50.5 Å². The van der Waals surface area contributed by atoms with E-state index in [1.165, 1.54) is 28.8 Å². The van der Waals surface area contributed by atoms with Crippen LogP contribution in [0.15, 0.2) is 53.7 Å². The van der Waals surface area contributed by atoms with Crippen LogP contribution in [0.3, 0.4) is 0 Å². The Morgan fingerprint density at radius 3 is 2.41 bits per heavy atom. The van der Waals surface area contributed by atoms with Crippen LogP contribution in [-0.2, 0) is 20.0 Å². The molecule has 11 heteroatoms. The molecule has 0 aliphatic carbocycles. The summed E-state index contributed by atoms with van der Waals surface area (Å²) < 4.78 is 58.7. The first kappa shape index (κ1) is 21.5. The van der Waals surface area contributed by atoms with Gasteiger partial charge in [-0.15, -0.1) is 0 Å². The Bertz CT molecular complexity index is 1020. The molecule has 1 aromatic carbocycles. The van der Waals surface area contributed by atoms with Gasteiger partial charge in [0.2, 0.25) is 20.0 Å². The third-order valence-electron chi connectivity index (χ3n) is 4.65. The van der Waals surface area contributed by atoms with Crippen LogP contribution in [0.1, 0.15) is 0 Å². The number of ether oxygens (including phenoxy) is 1. The van der Waals surface area contributed by atoms with Crippen molar-refractivity contribution in [2.24, 2.45) is 0 Å². The van der Waals surface area contributed by atoms with E-state index in [2.05, 4.69) is 14.6 Å². The molecule has 29 heavy (non-hydrogen) atoms. The second kappa shape index (κ2) is 9.08. The molecule has 2 aromatic rings. The highest BCUT2D eigenvalue weighted by molar-refractivity contribution is 7.90. The lowest BCUT2D eigenvalue weighted by Gasteiger charge is -2.35. The standard InChI is InChI=1S/C18H24N4O5S2/c1-27-18-7-3-2-6-17(18)21-10-12-22(13-11-21)28(23,24)14-9-20-29(25,26)16-5-4-8-19-15-16/h2-8,15,20H,9-14H2,1H3. The molecule has 0 saturated carbocycles. The summed E-state index contributed by atoms with van der Waals surface area (Å²) in [7, 11) is -5.76. The zero-order valence-electron chi connectivity index (χ0n) is 16.1. The van der Waals surface area contributed by atoms with Gasteiger partial charge < -0.3 is 9.64 Å². The van der Waals surface area contributed by atoms with Gasteiger partial charge in [-0.3, -0.25) is 4.98 Å². The fraction of sp³-hybridized carbons (Fsp3) is 0.389. The largest absolute Gasteiger partial charge is 0.495 e. The first-order valence-corrected chi connectivity index (χ1v) is 12.2. The van der Waals surface area contributed by atoms with Crippen LogP contribution in [0, 0.1) is 0 Å². The van der Waals surface area contributed by atoms with E-state index < -0.39 is 20.0 Å². The minimum atomic E-state index is -3.78. The third-order valence-corrected chi connectivity index (χ3v) is 7.97. The van der Waals surface area contributed by atoms with E-state index in [-0.39, 0.29) is 17.2 Å². The fourth-order valence-corrected chi connectivity index (χ4v) is 5.58. The summed E-state index contributed by atoms with van der Waals surface area (Å²) in [5.41, 5.74) is 0.927. The van der Waals surface area contributed by atoms with Gasteiger partial charge in [0.05, 0.1) is 18.6 Å². The van der Waals surface area contributed by atoms with Crippen molar-refractivity contribution < 1.29 is 21.6 Å². The molecule has 0 unspecified atom stereocenters. The molecule has 158 valence electrons. The fourth-order valence-electron chi connectivity index (χ4n) is 3.12. The smallest absolute Gasteiger partial charge is 0.242 e. The Morgan fingerprint density at radius 2 is 1.76 bits per heavy atom. The molecule has 9 nitrogen and oxygen atoms in total. The molecule has 1 aliphatic heterocycles. The lowest BCUT2D eigenvalue weighted by atomic mass is 10.2. The van der Waals surface area contributed by atoms with Gasteiger partial charge in [0.15, 0.2) is 0 Å². The summed E-state index contributed by atoms with van der Waals surface area (Å²) in [6.45, 7) is 1.51. The molecule has 1 aromatic heterocycles. The molecular formula is C18H24N4O5S2. The van der Waals surface area contributed by atoms with Gasteiger partial charge >= 0.3 is 0 Å². The molecule has 1 aliphatic rings. The minimum absolute atomic E-state index is 0.00261. The van der Waals surface area contributed by atoms with Crippen molar-refractivity contribution >= 4 is 25.7 Å². The van der Waals surface area contributed by atoms with Crippen LogP contribution >= 0.6 is 0 Å². The SMILES string of the molecule is COc1ccccc1N1CCN(S(=O)(=O)CCNS(=O)(=O)c2cccnc2)CC1. The maximum absolute atomic E-state index is 12.6.